The van der Waals surface area contributed by atoms with Crippen LogP contribution in [0.2, 0.25) is 0 Å². The van der Waals surface area contributed by atoms with Crippen LogP contribution in [0.5, 0.6) is 5.75 Å². The molecule has 0 bridgehead atoms. The minimum Gasteiger partial charge on any atom is -0.493 e. The molecule has 2 aliphatic heterocycles. The summed E-state index contributed by atoms with van der Waals surface area (Å²) >= 11 is 0. The summed E-state index contributed by atoms with van der Waals surface area (Å²) in [6.45, 7) is 3.15. The summed E-state index contributed by atoms with van der Waals surface area (Å²) in [4.78, 5) is 31.1. The molecule has 6 nitrogen and oxygen atoms in total. The van der Waals surface area contributed by atoms with Gasteiger partial charge >= 0.3 is 0 Å². The molecule has 0 radical (unpaired) electrons. The molecule has 3 aliphatic rings. The number of aromatic amines is 1. The molecule has 1 aromatic carbocycles. The number of H-pyrrole nitrogens is 1. The van der Waals surface area contributed by atoms with E-state index in [9.17, 15) is 14.7 Å². The van der Waals surface area contributed by atoms with Gasteiger partial charge in [0.15, 0.2) is 5.78 Å². The number of benzene rings is 1. The van der Waals surface area contributed by atoms with Crippen molar-refractivity contribution in [3.05, 3.63) is 52.3 Å². The van der Waals surface area contributed by atoms with Gasteiger partial charge in [-0.1, -0.05) is 18.2 Å². The van der Waals surface area contributed by atoms with E-state index in [-0.39, 0.29) is 24.2 Å². The fraction of sp³-hybridized carbons (Fsp3) is 0.455. The van der Waals surface area contributed by atoms with Gasteiger partial charge in [0.2, 0.25) is 0 Å². The van der Waals surface area contributed by atoms with Crippen molar-refractivity contribution in [3.8, 4) is 5.75 Å². The highest BCUT2D eigenvalue weighted by Crippen LogP contribution is 2.49. The highest BCUT2D eigenvalue weighted by Gasteiger charge is 2.52. The second kappa shape index (κ2) is 6.21. The highest BCUT2D eigenvalue weighted by molar-refractivity contribution is 6.10. The summed E-state index contributed by atoms with van der Waals surface area (Å²) in [5.74, 6) is 0.787. The van der Waals surface area contributed by atoms with E-state index in [1.165, 1.54) is 0 Å². The van der Waals surface area contributed by atoms with E-state index in [0.717, 1.165) is 35.5 Å². The lowest BCUT2D eigenvalue weighted by Gasteiger charge is -2.37. The maximum atomic E-state index is 13.5. The van der Waals surface area contributed by atoms with Crippen LogP contribution in [0.3, 0.4) is 0 Å². The molecular weight excluding hydrogens is 356 g/mol. The van der Waals surface area contributed by atoms with Crippen LogP contribution < -0.4 is 4.74 Å². The van der Waals surface area contributed by atoms with Crippen LogP contribution in [0.4, 0.5) is 0 Å². The second-order valence-electron chi connectivity index (χ2n) is 8.34. The highest BCUT2D eigenvalue weighted by atomic mass is 16.5. The van der Waals surface area contributed by atoms with E-state index in [4.69, 9.17) is 4.74 Å². The third kappa shape index (κ3) is 2.37. The zero-order valence-corrected chi connectivity index (χ0v) is 16.0. The van der Waals surface area contributed by atoms with Crippen LogP contribution >= 0.6 is 0 Å². The molecule has 1 amide bonds. The molecule has 1 aromatic heterocycles. The molecule has 5 rings (SSSR count). The Labute approximate surface area is 163 Å². The van der Waals surface area contributed by atoms with Crippen molar-refractivity contribution in [2.24, 2.45) is 5.41 Å². The van der Waals surface area contributed by atoms with Crippen molar-refractivity contribution >= 4 is 11.7 Å². The number of fused-ring (bicyclic) bond motifs is 4. The van der Waals surface area contributed by atoms with Gasteiger partial charge < -0.3 is 19.7 Å². The summed E-state index contributed by atoms with van der Waals surface area (Å²) < 4.78 is 5.92. The van der Waals surface area contributed by atoms with Gasteiger partial charge in [0.1, 0.15) is 5.75 Å². The Balaban J connectivity index is 1.52. The van der Waals surface area contributed by atoms with Crippen LogP contribution in [0.1, 0.15) is 56.4 Å². The fourth-order valence-electron chi connectivity index (χ4n) is 5.19. The summed E-state index contributed by atoms with van der Waals surface area (Å²) in [7, 11) is 0. The maximum absolute atomic E-state index is 13.5. The molecule has 6 heteroatoms. The number of ether oxygens (including phenoxy) is 1. The molecular formula is C22H24N2O4. The first-order chi connectivity index (χ1) is 13.5. The molecule has 2 aromatic rings. The Bertz CT molecular complexity index is 979. The van der Waals surface area contributed by atoms with Crippen molar-refractivity contribution in [1.29, 1.82) is 0 Å². The van der Waals surface area contributed by atoms with E-state index in [1.54, 1.807) is 4.90 Å². The number of nitrogens with one attached hydrogen (secondary N) is 1. The smallest absolute Gasteiger partial charge is 0.256 e. The van der Waals surface area contributed by atoms with Crippen LogP contribution in [0, 0.1) is 12.3 Å². The lowest BCUT2D eigenvalue weighted by molar-refractivity contribution is 0.0439. The van der Waals surface area contributed by atoms with E-state index in [1.807, 2.05) is 31.2 Å². The Kier molecular flexibility index (Phi) is 3.88. The number of aromatic nitrogens is 1. The Morgan fingerprint density at radius 1 is 1.36 bits per heavy atom. The van der Waals surface area contributed by atoms with Crippen molar-refractivity contribution in [3.63, 3.8) is 0 Å². The third-order valence-electron chi connectivity index (χ3n) is 6.65. The largest absolute Gasteiger partial charge is 0.493 e. The molecule has 0 spiro atoms. The summed E-state index contributed by atoms with van der Waals surface area (Å²) in [5, 5.41) is 10.2. The van der Waals surface area contributed by atoms with Gasteiger partial charge in [0, 0.05) is 36.8 Å². The number of carbonyl (C=O) groups excluding carboxylic acids is 2. The number of likely N-dealkylation sites (tertiary alicyclic amines) is 1. The zero-order chi connectivity index (χ0) is 19.5. The van der Waals surface area contributed by atoms with Gasteiger partial charge in [-0.05, 0) is 31.4 Å². The van der Waals surface area contributed by atoms with Crippen molar-refractivity contribution < 1.29 is 19.4 Å². The number of Topliss-reactive ketones (excluding diaryl/α,β-unsaturated/α-hetero) is 1. The predicted octanol–water partition coefficient (Wildman–Crippen LogP) is 2.45. The molecule has 0 saturated carbocycles. The predicted molar refractivity (Wildman–Crippen MR) is 103 cm³/mol. The lowest BCUT2D eigenvalue weighted by atomic mass is 9.74. The van der Waals surface area contributed by atoms with Gasteiger partial charge in [-0.25, -0.2) is 0 Å². The lowest BCUT2D eigenvalue weighted by Crippen LogP contribution is -2.42. The number of aryl methyl sites for hydroxylation is 2. The first kappa shape index (κ1) is 17.5. The van der Waals surface area contributed by atoms with E-state index in [2.05, 4.69) is 4.98 Å². The molecule has 2 atom stereocenters. The summed E-state index contributed by atoms with van der Waals surface area (Å²) in [6.07, 6.45) is 2.13. The van der Waals surface area contributed by atoms with Gasteiger partial charge in [0.25, 0.3) is 5.91 Å². The van der Waals surface area contributed by atoms with Crippen molar-refractivity contribution in [2.45, 2.75) is 32.1 Å². The number of aliphatic hydroxyl groups is 1. The molecule has 3 heterocycles. The van der Waals surface area contributed by atoms with E-state index in [0.29, 0.717) is 37.2 Å². The number of aliphatic hydroxyl groups excluding tert-OH is 1. The maximum Gasteiger partial charge on any atom is 0.256 e. The van der Waals surface area contributed by atoms with Gasteiger partial charge in [-0.2, -0.15) is 0 Å². The average Bonchev–Trinajstić information content (AvgIpc) is 3.26. The van der Waals surface area contributed by atoms with Gasteiger partial charge in [0.05, 0.1) is 29.8 Å². The molecule has 146 valence electrons. The fourth-order valence-corrected chi connectivity index (χ4v) is 5.19. The summed E-state index contributed by atoms with van der Waals surface area (Å²) in [6, 6.07) is 7.85. The minimum atomic E-state index is -0.502. The van der Waals surface area contributed by atoms with E-state index >= 15 is 0 Å². The molecule has 1 aliphatic carbocycles. The number of nitrogens with zero attached hydrogens (tertiary/aromatic N) is 1. The molecule has 1 fully saturated rings. The van der Waals surface area contributed by atoms with Crippen LogP contribution in [-0.2, 0) is 6.42 Å². The number of hydrogen-bond donors (Lipinski definition) is 2. The average molecular weight is 380 g/mol. The van der Waals surface area contributed by atoms with Crippen molar-refractivity contribution in [1.82, 2.24) is 9.88 Å². The standard InChI is InChI=1S/C22H24N2O4/c1-13-19(20-16(23-13)6-4-7-17(20)26)21(27)24-9-15-14-5-2-3-8-18(14)28-12-22(15,10-24)11-25/h2-3,5,8,15,23,25H,4,6-7,9-12H2,1H3. The van der Waals surface area contributed by atoms with Gasteiger partial charge in [-0.3, -0.25) is 9.59 Å². The first-order valence-electron chi connectivity index (χ1n) is 9.90. The van der Waals surface area contributed by atoms with Gasteiger partial charge in [-0.15, -0.1) is 0 Å². The number of amides is 1. The van der Waals surface area contributed by atoms with Crippen LogP contribution in [0.15, 0.2) is 24.3 Å². The molecule has 1 saturated heterocycles. The topological polar surface area (TPSA) is 82.6 Å². The normalized spacial score (nSPS) is 25.7. The Morgan fingerprint density at radius 3 is 3.00 bits per heavy atom. The number of rotatable bonds is 2. The number of carbonyl (C=O) groups is 2. The number of hydrogen-bond acceptors (Lipinski definition) is 4. The zero-order valence-electron chi connectivity index (χ0n) is 16.0. The summed E-state index contributed by atoms with van der Waals surface area (Å²) in [5.41, 5.74) is 3.29. The Morgan fingerprint density at radius 2 is 2.18 bits per heavy atom. The number of para-hydroxylation sites is 1. The van der Waals surface area contributed by atoms with Crippen LogP contribution in [0.25, 0.3) is 0 Å². The SMILES string of the molecule is Cc1[nH]c2c(c1C(=O)N1CC3c4ccccc4OCC3(CO)C1)C(=O)CCC2. The van der Waals surface area contributed by atoms with E-state index < -0.39 is 5.41 Å². The quantitative estimate of drug-likeness (QED) is 0.838. The minimum absolute atomic E-state index is 0.0252. The van der Waals surface area contributed by atoms with Crippen molar-refractivity contribution in [2.75, 3.05) is 26.3 Å². The molecule has 28 heavy (non-hydrogen) atoms. The molecule has 2 unspecified atom stereocenters. The second-order valence-corrected chi connectivity index (χ2v) is 8.34. The van der Waals surface area contributed by atoms with Crippen LogP contribution in [-0.4, -0.2) is 53.0 Å². The number of ketones is 1. The first-order valence-corrected chi connectivity index (χ1v) is 9.90. The monoisotopic (exact) mass is 380 g/mol. The molecule has 2 N–H and O–H groups in total. The third-order valence-corrected chi connectivity index (χ3v) is 6.65. The Hall–Kier alpha value is -2.60.